The van der Waals surface area contributed by atoms with E-state index in [1.165, 1.54) is 12.4 Å². The van der Waals surface area contributed by atoms with Gasteiger partial charge in [-0.3, -0.25) is 9.69 Å². The minimum Gasteiger partial charge on any atom is -0.294 e. The van der Waals surface area contributed by atoms with E-state index < -0.39 is 0 Å². The molecule has 0 N–H and O–H groups in total. The average molecular weight is 267 g/mol. The molecule has 1 aromatic rings. The van der Waals surface area contributed by atoms with Crippen LogP contribution >= 0.6 is 15.9 Å². The summed E-state index contributed by atoms with van der Waals surface area (Å²) in [6.07, 6.45) is 3.29. The van der Waals surface area contributed by atoms with Crippen LogP contribution in [0.1, 0.15) is 12.1 Å². The number of anilines is 1. The fourth-order valence-electron chi connectivity index (χ4n) is 1.40. The lowest BCUT2D eigenvalue weighted by Gasteiger charge is -2.13. The second kappa shape index (κ2) is 3.95. The van der Waals surface area contributed by atoms with E-state index in [0.29, 0.717) is 18.8 Å². The Bertz CT molecular complexity index is 425. The van der Waals surface area contributed by atoms with Crippen LogP contribution in [0.3, 0.4) is 0 Å². The summed E-state index contributed by atoms with van der Waals surface area (Å²) in [4.78, 5) is 21.1. The second-order valence-corrected chi connectivity index (χ2v) is 4.47. The van der Waals surface area contributed by atoms with Crippen LogP contribution in [-0.2, 0) is 4.79 Å². The van der Waals surface area contributed by atoms with Crippen molar-refractivity contribution in [3.63, 3.8) is 0 Å². The highest BCUT2D eigenvalue weighted by Crippen LogP contribution is 2.22. The molecule has 1 atom stereocenters. The third-order valence-electron chi connectivity index (χ3n) is 2.11. The number of hydrogen-bond acceptors (Lipinski definition) is 4. The molecule has 0 saturated carbocycles. The number of carbonyl (C=O) groups excluding carboxylic acids is 1. The first-order chi connectivity index (χ1) is 7.20. The van der Waals surface area contributed by atoms with E-state index in [0.717, 1.165) is 0 Å². The van der Waals surface area contributed by atoms with Crippen molar-refractivity contribution >= 4 is 27.7 Å². The Morgan fingerprint density at radius 1 is 1.53 bits per heavy atom. The Balaban J connectivity index is 2.23. The van der Waals surface area contributed by atoms with Crippen LogP contribution in [0.5, 0.6) is 0 Å². The van der Waals surface area contributed by atoms with E-state index in [-0.39, 0.29) is 16.4 Å². The highest BCUT2D eigenvalue weighted by molar-refractivity contribution is 9.09. The molecule has 1 aliphatic heterocycles. The molecule has 1 aliphatic rings. The topological polar surface area (TPSA) is 69.9 Å². The largest absolute Gasteiger partial charge is 0.294 e. The summed E-state index contributed by atoms with van der Waals surface area (Å²) in [7, 11) is 0. The number of rotatable bonds is 1. The first-order valence-corrected chi connectivity index (χ1v) is 5.29. The van der Waals surface area contributed by atoms with Gasteiger partial charge in [0.1, 0.15) is 6.07 Å². The van der Waals surface area contributed by atoms with Crippen molar-refractivity contribution in [1.29, 1.82) is 5.26 Å². The van der Waals surface area contributed by atoms with Crippen LogP contribution in [0.4, 0.5) is 5.82 Å². The van der Waals surface area contributed by atoms with Gasteiger partial charge in [0.25, 0.3) is 0 Å². The van der Waals surface area contributed by atoms with Gasteiger partial charge in [0.2, 0.25) is 5.91 Å². The van der Waals surface area contributed by atoms with Crippen molar-refractivity contribution in [2.75, 3.05) is 11.4 Å². The van der Waals surface area contributed by atoms with Gasteiger partial charge in [0, 0.05) is 17.8 Å². The first-order valence-electron chi connectivity index (χ1n) is 4.37. The molecule has 15 heavy (non-hydrogen) atoms. The molecule has 1 saturated heterocycles. The van der Waals surface area contributed by atoms with Crippen molar-refractivity contribution in [2.45, 2.75) is 11.2 Å². The van der Waals surface area contributed by atoms with Crippen molar-refractivity contribution in [3.8, 4) is 6.07 Å². The van der Waals surface area contributed by atoms with Crippen LogP contribution < -0.4 is 4.90 Å². The average Bonchev–Trinajstić information content (AvgIpc) is 2.58. The zero-order valence-corrected chi connectivity index (χ0v) is 9.31. The molecule has 0 radical (unpaired) electrons. The predicted molar refractivity (Wildman–Crippen MR) is 56.4 cm³/mol. The molecule has 0 spiro atoms. The van der Waals surface area contributed by atoms with E-state index >= 15 is 0 Å². The maximum atomic E-state index is 11.5. The molecular weight excluding hydrogens is 260 g/mol. The number of alkyl halides is 1. The van der Waals surface area contributed by atoms with E-state index in [9.17, 15) is 4.79 Å². The summed E-state index contributed by atoms with van der Waals surface area (Å²) < 4.78 is 0. The van der Waals surface area contributed by atoms with Crippen LogP contribution in [0.2, 0.25) is 0 Å². The van der Waals surface area contributed by atoms with Gasteiger partial charge in [0.15, 0.2) is 11.5 Å². The lowest BCUT2D eigenvalue weighted by atomic mass is 10.4. The number of amides is 1. The van der Waals surface area contributed by atoms with Gasteiger partial charge in [0.05, 0.1) is 12.4 Å². The monoisotopic (exact) mass is 266 g/mol. The van der Waals surface area contributed by atoms with Gasteiger partial charge in [-0.2, -0.15) is 5.26 Å². The fourth-order valence-corrected chi connectivity index (χ4v) is 1.97. The fraction of sp³-hybridized carbons (Fsp3) is 0.333. The summed E-state index contributed by atoms with van der Waals surface area (Å²) in [6, 6.07) is 1.88. The van der Waals surface area contributed by atoms with Gasteiger partial charge in [-0.1, -0.05) is 15.9 Å². The smallest absolute Gasteiger partial charge is 0.229 e. The van der Waals surface area contributed by atoms with E-state index in [4.69, 9.17) is 5.26 Å². The lowest BCUT2D eigenvalue weighted by Crippen LogP contribution is -2.25. The summed E-state index contributed by atoms with van der Waals surface area (Å²) in [5.41, 5.74) is 0.251. The highest BCUT2D eigenvalue weighted by Gasteiger charge is 2.29. The Hall–Kier alpha value is -1.48. The van der Waals surface area contributed by atoms with Crippen molar-refractivity contribution in [1.82, 2.24) is 9.97 Å². The minimum atomic E-state index is 0.0240. The highest BCUT2D eigenvalue weighted by atomic mass is 79.9. The standard InChI is InChI=1S/C9H7BrN4O/c10-6-1-9(15)14(5-6)8-4-12-7(2-11)3-13-8/h3-4,6H,1,5H2. The number of nitriles is 1. The second-order valence-electron chi connectivity index (χ2n) is 3.18. The van der Waals surface area contributed by atoms with Gasteiger partial charge >= 0.3 is 0 Å². The number of hydrogen-bond donors (Lipinski definition) is 0. The SMILES string of the molecule is N#Cc1cnc(N2CC(Br)CC2=O)cn1. The molecule has 2 rings (SSSR count). The molecule has 1 unspecified atom stereocenters. The Kier molecular flexibility index (Phi) is 2.64. The Labute approximate surface area is 94.9 Å². The molecule has 0 aromatic carbocycles. The molecule has 6 heteroatoms. The number of halogens is 1. The van der Waals surface area contributed by atoms with E-state index in [1.54, 1.807) is 4.90 Å². The van der Waals surface area contributed by atoms with Gasteiger partial charge in [-0.05, 0) is 0 Å². The lowest BCUT2D eigenvalue weighted by molar-refractivity contribution is -0.117. The zero-order chi connectivity index (χ0) is 10.8. The summed E-state index contributed by atoms with van der Waals surface area (Å²) in [5.74, 6) is 0.525. The quantitative estimate of drug-likeness (QED) is 0.707. The minimum absolute atomic E-state index is 0.0240. The summed E-state index contributed by atoms with van der Waals surface area (Å²) in [6.45, 7) is 0.597. The van der Waals surface area contributed by atoms with Crippen molar-refractivity contribution < 1.29 is 4.79 Å². The number of carbonyl (C=O) groups is 1. The molecule has 0 bridgehead atoms. The van der Waals surface area contributed by atoms with Gasteiger partial charge < -0.3 is 0 Å². The third-order valence-corrected chi connectivity index (χ3v) is 2.72. The zero-order valence-electron chi connectivity index (χ0n) is 7.72. The van der Waals surface area contributed by atoms with E-state index in [1.807, 2.05) is 6.07 Å². The van der Waals surface area contributed by atoms with Crippen LogP contribution in [0.25, 0.3) is 0 Å². The number of nitrogens with zero attached hydrogens (tertiary/aromatic N) is 4. The van der Waals surface area contributed by atoms with Crippen LogP contribution in [0, 0.1) is 11.3 Å². The van der Waals surface area contributed by atoms with Gasteiger partial charge in [-0.25, -0.2) is 9.97 Å². The van der Waals surface area contributed by atoms with Crippen LogP contribution in [0.15, 0.2) is 12.4 Å². The van der Waals surface area contributed by atoms with Crippen molar-refractivity contribution in [3.05, 3.63) is 18.1 Å². The molecular formula is C9H7BrN4O. The van der Waals surface area contributed by atoms with Crippen LogP contribution in [-0.4, -0.2) is 27.2 Å². The molecule has 76 valence electrons. The first kappa shape index (κ1) is 10.1. The molecule has 1 fully saturated rings. The summed E-state index contributed by atoms with van der Waals surface area (Å²) >= 11 is 3.38. The Morgan fingerprint density at radius 3 is 2.80 bits per heavy atom. The molecule has 1 amide bonds. The van der Waals surface area contributed by atoms with Gasteiger partial charge in [-0.15, -0.1) is 0 Å². The number of aromatic nitrogens is 2. The molecule has 2 heterocycles. The molecule has 1 aromatic heterocycles. The normalized spacial score (nSPS) is 20.4. The van der Waals surface area contributed by atoms with E-state index in [2.05, 4.69) is 25.9 Å². The maximum absolute atomic E-state index is 11.5. The summed E-state index contributed by atoms with van der Waals surface area (Å²) in [5, 5.41) is 8.55. The third kappa shape index (κ3) is 1.97. The predicted octanol–water partition coefficient (Wildman–Crippen LogP) is 0.848. The Morgan fingerprint density at radius 2 is 2.33 bits per heavy atom. The molecule has 5 nitrogen and oxygen atoms in total. The maximum Gasteiger partial charge on any atom is 0.229 e. The molecule has 0 aliphatic carbocycles. The van der Waals surface area contributed by atoms with Crippen molar-refractivity contribution in [2.24, 2.45) is 0 Å².